The van der Waals surface area contributed by atoms with Gasteiger partial charge in [0, 0.05) is 0 Å². The highest BCUT2D eigenvalue weighted by atomic mass is 19.4. The zero-order valence-corrected chi connectivity index (χ0v) is 12.9. The van der Waals surface area contributed by atoms with Crippen LogP contribution in [0.2, 0.25) is 0 Å². The summed E-state index contributed by atoms with van der Waals surface area (Å²) in [5.41, 5.74) is 4.87. The molecule has 0 saturated heterocycles. The number of hydrogen-bond acceptors (Lipinski definition) is 4. The van der Waals surface area contributed by atoms with Crippen molar-refractivity contribution in [2.24, 2.45) is 5.73 Å². The second-order valence-corrected chi connectivity index (χ2v) is 4.98. The minimum absolute atomic E-state index is 0.154. The fourth-order valence-corrected chi connectivity index (χ4v) is 1.08. The van der Waals surface area contributed by atoms with Crippen LogP contribution in [0.15, 0.2) is 30.3 Å². The van der Waals surface area contributed by atoms with Gasteiger partial charge in [-0.1, -0.05) is 30.3 Å². The van der Waals surface area contributed by atoms with Crippen LogP contribution in [0.1, 0.15) is 19.4 Å². The number of rotatable bonds is 4. The van der Waals surface area contributed by atoms with E-state index in [2.05, 4.69) is 5.32 Å². The molecule has 0 unspecified atom stereocenters. The van der Waals surface area contributed by atoms with E-state index in [1.54, 1.807) is 0 Å². The third kappa shape index (κ3) is 8.61. The van der Waals surface area contributed by atoms with Gasteiger partial charge < -0.3 is 20.9 Å². The third-order valence-corrected chi connectivity index (χ3v) is 2.49. The average molecular weight is 350 g/mol. The van der Waals surface area contributed by atoms with E-state index in [9.17, 15) is 22.8 Å². The summed E-state index contributed by atoms with van der Waals surface area (Å²) in [6.45, 7) is 3.18. The first-order valence-corrected chi connectivity index (χ1v) is 6.45. The molecule has 4 N–H and O–H groups in total. The van der Waals surface area contributed by atoms with Crippen LogP contribution in [0.4, 0.5) is 18.0 Å². The maximum atomic E-state index is 11.4. The molecular weight excluding hydrogens is 333 g/mol. The highest BCUT2D eigenvalue weighted by Gasteiger charge is 2.38. The highest BCUT2D eigenvalue weighted by Crippen LogP contribution is 2.13. The lowest BCUT2D eigenvalue weighted by Crippen LogP contribution is -2.53. The Bertz CT molecular complexity index is 574. The number of nitrogens with two attached hydrogens (primary N) is 1. The van der Waals surface area contributed by atoms with Crippen molar-refractivity contribution in [1.82, 2.24) is 5.32 Å². The predicted octanol–water partition coefficient (Wildman–Crippen LogP) is 1.81. The lowest BCUT2D eigenvalue weighted by molar-refractivity contribution is -0.192. The summed E-state index contributed by atoms with van der Waals surface area (Å²) >= 11 is 0. The monoisotopic (exact) mass is 350 g/mol. The largest absolute Gasteiger partial charge is 0.490 e. The number of carboxylic acid groups (broad SMARTS) is 1. The molecule has 0 saturated carbocycles. The van der Waals surface area contributed by atoms with E-state index in [4.69, 9.17) is 20.4 Å². The smallest absolute Gasteiger partial charge is 0.475 e. The van der Waals surface area contributed by atoms with Crippen molar-refractivity contribution >= 4 is 18.0 Å². The Hall–Kier alpha value is -2.78. The Balaban J connectivity index is 0.000000640. The third-order valence-electron chi connectivity index (χ3n) is 2.49. The SMILES string of the molecule is CC(C)(NC(=O)OCc1ccccc1)C(N)=O.O=C(O)C(F)(F)F. The Morgan fingerprint density at radius 2 is 1.62 bits per heavy atom. The van der Waals surface area contributed by atoms with Gasteiger partial charge in [0.15, 0.2) is 0 Å². The van der Waals surface area contributed by atoms with Gasteiger partial charge in [-0.3, -0.25) is 4.79 Å². The molecule has 1 aromatic rings. The minimum Gasteiger partial charge on any atom is -0.475 e. The molecule has 0 aliphatic rings. The van der Waals surface area contributed by atoms with Gasteiger partial charge in [0.2, 0.25) is 5.91 Å². The number of carbonyl (C=O) groups is 3. The molecule has 1 aromatic carbocycles. The van der Waals surface area contributed by atoms with Crippen molar-refractivity contribution in [2.45, 2.75) is 32.2 Å². The lowest BCUT2D eigenvalue weighted by atomic mass is 10.1. The van der Waals surface area contributed by atoms with E-state index in [0.29, 0.717) is 0 Å². The van der Waals surface area contributed by atoms with Gasteiger partial charge in [0.25, 0.3) is 0 Å². The molecule has 0 spiro atoms. The lowest BCUT2D eigenvalue weighted by Gasteiger charge is -2.21. The number of amides is 2. The van der Waals surface area contributed by atoms with Crippen LogP contribution in [0.3, 0.4) is 0 Å². The second-order valence-electron chi connectivity index (χ2n) is 4.98. The van der Waals surface area contributed by atoms with Crippen molar-refractivity contribution in [3.05, 3.63) is 35.9 Å². The Labute approximate surface area is 135 Å². The quantitative estimate of drug-likeness (QED) is 0.765. The van der Waals surface area contributed by atoms with Gasteiger partial charge in [0.05, 0.1) is 0 Å². The number of alkyl carbamates (subject to hydrolysis) is 1. The number of ether oxygens (including phenoxy) is 1. The molecule has 0 heterocycles. The van der Waals surface area contributed by atoms with Gasteiger partial charge in [-0.05, 0) is 19.4 Å². The molecule has 10 heteroatoms. The van der Waals surface area contributed by atoms with E-state index >= 15 is 0 Å². The number of hydrogen-bond donors (Lipinski definition) is 3. The molecule has 2 amide bonds. The molecular formula is C14H17F3N2O5. The number of alkyl halides is 3. The average Bonchev–Trinajstić information content (AvgIpc) is 2.45. The standard InChI is InChI=1S/C12H16N2O3.C2HF3O2/c1-12(2,10(13)15)14-11(16)17-8-9-6-4-3-5-7-9;3-2(4,5)1(6)7/h3-7H,8H2,1-2H3,(H2,13,15)(H,14,16);(H,6,7). The molecule has 0 aliphatic carbocycles. The molecule has 7 nitrogen and oxygen atoms in total. The first kappa shape index (κ1) is 21.2. The van der Waals surface area contributed by atoms with E-state index in [-0.39, 0.29) is 6.61 Å². The number of aliphatic carboxylic acids is 1. The van der Waals surface area contributed by atoms with Crippen molar-refractivity contribution in [3.8, 4) is 0 Å². The number of primary amides is 1. The Morgan fingerprint density at radius 3 is 2.00 bits per heavy atom. The van der Waals surface area contributed by atoms with E-state index in [0.717, 1.165) is 5.56 Å². The summed E-state index contributed by atoms with van der Waals surface area (Å²) in [4.78, 5) is 31.3. The molecule has 24 heavy (non-hydrogen) atoms. The summed E-state index contributed by atoms with van der Waals surface area (Å²) < 4.78 is 36.7. The number of carboxylic acids is 1. The van der Waals surface area contributed by atoms with E-state index < -0.39 is 29.7 Å². The normalized spacial score (nSPS) is 10.9. The number of halogens is 3. The second kappa shape index (κ2) is 8.75. The minimum atomic E-state index is -5.08. The molecule has 1 rings (SSSR count). The summed E-state index contributed by atoms with van der Waals surface area (Å²) in [6, 6.07) is 9.26. The fraction of sp³-hybridized carbons (Fsp3) is 0.357. The number of nitrogens with one attached hydrogen (secondary N) is 1. The fourth-order valence-electron chi connectivity index (χ4n) is 1.08. The van der Waals surface area contributed by atoms with Crippen molar-refractivity contribution in [3.63, 3.8) is 0 Å². The topological polar surface area (TPSA) is 119 Å². The maximum Gasteiger partial charge on any atom is 0.490 e. The zero-order valence-electron chi connectivity index (χ0n) is 12.9. The van der Waals surface area contributed by atoms with Gasteiger partial charge in [0.1, 0.15) is 12.1 Å². The van der Waals surface area contributed by atoms with Gasteiger partial charge in [-0.15, -0.1) is 0 Å². The summed E-state index contributed by atoms with van der Waals surface area (Å²) in [7, 11) is 0. The van der Waals surface area contributed by atoms with Crippen LogP contribution in [0.25, 0.3) is 0 Å². The van der Waals surface area contributed by atoms with Crippen LogP contribution in [-0.4, -0.2) is 34.8 Å². The molecule has 0 bridgehead atoms. The Morgan fingerprint density at radius 1 is 1.17 bits per heavy atom. The molecule has 134 valence electrons. The van der Waals surface area contributed by atoms with Crippen LogP contribution in [0.5, 0.6) is 0 Å². The Kier molecular flexibility index (Phi) is 7.74. The number of carbonyl (C=O) groups excluding carboxylic acids is 2. The van der Waals surface area contributed by atoms with Crippen LogP contribution in [-0.2, 0) is 20.9 Å². The van der Waals surface area contributed by atoms with Crippen LogP contribution >= 0.6 is 0 Å². The first-order chi connectivity index (χ1) is 10.9. The number of benzene rings is 1. The molecule has 0 fully saturated rings. The van der Waals surface area contributed by atoms with Crippen molar-refractivity contribution in [2.75, 3.05) is 0 Å². The molecule has 0 aromatic heterocycles. The van der Waals surface area contributed by atoms with E-state index in [1.807, 2.05) is 30.3 Å². The summed E-state index contributed by atoms with van der Waals surface area (Å²) in [5.74, 6) is -3.37. The first-order valence-electron chi connectivity index (χ1n) is 6.45. The van der Waals surface area contributed by atoms with Gasteiger partial charge >= 0.3 is 18.2 Å². The van der Waals surface area contributed by atoms with Crippen LogP contribution in [0, 0.1) is 0 Å². The van der Waals surface area contributed by atoms with Gasteiger partial charge in [-0.2, -0.15) is 13.2 Å². The molecule has 0 aliphatic heterocycles. The molecule has 0 radical (unpaired) electrons. The maximum absolute atomic E-state index is 11.4. The van der Waals surface area contributed by atoms with Gasteiger partial charge in [-0.25, -0.2) is 9.59 Å². The zero-order chi connectivity index (χ0) is 19.0. The molecule has 0 atom stereocenters. The summed E-state index contributed by atoms with van der Waals surface area (Å²) in [6.07, 6.45) is -5.75. The predicted molar refractivity (Wildman–Crippen MR) is 76.7 cm³/mol. The van der Waals surface area contributed by atoms with Crippen LogP contribution < -0.4 is 11.1 Å². The van der Waals surface area contributed by atoms with Crippen molar-refractivity contribution in [1.29, 1.82) is 0 Å². The summed E-state index contributed by atoms with van der Waals surface area (Å²) in [5, 5.41) is 9.52. The highest BCUT2D eigenvalue weighted by molar-refractivity contribution is 5.87. The van der Waals surface area contributed by atoms with Crippen molar-refractivity contribution < 1.29 is 37.4 Å². The van der Waals surface area contributed by atoms with E-state index in [1.165, 1.54) is 13.8 Å².